The average Bonchev–Trinajstić information content (AvgIpc) is 3.22. The van der Waals surface area contributed by atoms with Crippen LogP contribution in [0.2, 0.25) is 0 Å². The molecule has 6 nitrogen and oxygen atoms in total. The molecule has 0 bridgehead atoms. The van der Waals surface area contributed by atoms with Crippen molar-refractivity contribution in [2.45, 2.75) is 6.54 Å². The zero-order valence-electron chi connectivity index (χ0n) is 15.4. The second-order valence-corrected chi connectivity index (χ2v) is 7.09. The number of hydrogen-bond acceptors (Lipinski definition) is 4. The number of carbonyl (C=O) groups excluding carboxylic acids is 1. The van der Waals surface area contributed by atoms with Crippen LogP contribution in [0.25, 0.3) is 0 Å². The minimum atomic E-state index is 0. The molecule has 146 valence electrons. The molecule has 1 aliphatic rings. The highest BCUT2D eigenvalue weighted by Gasteiger charge is 2.21. The third kappa shape index (κ3) is 6.39. The summed E-state index contributed by atoms with van der Waals surface area (Å²) in [6, 6.07) is 14.4. The summed E-state index contributed by atoms with van der Waals surface area (Å²) in [7, 11) is 1.72. The Kier molecular flexibility index (Phi) is 8.86. The van der Waals surface area contributed by atoms with E-state index in [0.717, 1.165) is 26.2 Å². The Morgan fingerprint density at radius 1 is 1.07 bits per heavy atom. The summed E-state index contributed by atoms with van der Waals surface area (Å²) in [5.41, 5.74) is 1.22. The molecule has 3 rings (SSSR count). The van der Waals surface area contributed by atoms with Gasteiger partial charge in [0, 0.05) is 43.8 Å². The third-order valence-electron chi connectivity index (χ3n) is 4.39. The van der Waals surface area contributed by atoms with Gasteiger partial charge < -0.3 is 20.4 Å². The predicted molar refractivity (Wildman–Crippen MR) is 123 cm³/mol. The molecule has 0 spiro atoms. The quantitative estimate of drug-likeness (QED) is 0.377. The number of aliphatic imine (C=N–C) groups is 1. The van der Waals surface area contributed by atoms with Crippen LogP contribution in [0.5, 0.6) is 0 Å². The number of nitrogens with one attached hydrogen (secondary N) is 2. The number of piperazine rings is 1. The number of thiophene rings is 1. The van der Waals surface area contributed by atoms with E-state index in [1.165, 1.54) is 10.6 Å². The molecule has 1 saturated heterocycles. The third-order valence-corrected chi connectivity index (χ3v) is 5.27. The van der Waals surface area contributed by atoms with Crippen LogP contribution in [0.15, 0.2) is 52.8 Å². The van der Waals surface area contributed by atoms with Gasteiger partial charge in [-0.05, 0) is 23.6 Å². The highest BCUT2D eigenvalue weighted by Crippen LogP contribution is 2.15. The van der Waals surface area contributed by atoms with Gasteiger partial charge in [0.05, 0.1) is 13.1 Å². The molecule has 27 heavy (non-hydrogen) atoms. The number of hydrogen-bond donors (Lipinski definition) is 2. The first-order chi connectivity index (χ1) is 12.8. The molecule has 0 aliphatic carbocycles. The summed E-state index contributed by atoms with van der Waals surface area (Å²) in [6.45, 7) is 4.19. The number of amides is 1. The van der Waals surface area contributed by atoms with E-state index >= 15 is 0 Å². The fraction of sp³-hybridized carbons (Fsp3) is 0.368. The molecule has 1 amide bonds. The molecule has 0 saturated carbocycles. The van der Waals surface area contributed by atoms with Crippen molar-refractivity contribution in [3.05, 3.63) is 52.7 Å². The molecule has 0 unspecified atom stereocenters. The van der Waals surface area contributed by atoms with Gasteiger partial charge in [0.25, 0.3) is 0 Å². The van der Waals surface area contributed by atoms with Crippen LogP contribution in [0.4, 0.5) is 5.69 Å². The van der Waals surface area contributed by atoms with Crippen molar-refractivity contribution in [2.24, 2.45) is 4.99 Å². The Balaban J connectivity index is 0.00000261. The summed E-state index contributed by atoms with van der Waals surface area (Å²) in [6.07, 6.45) is 0. The maximum absolute atomic E-state index is 12.5. The Morgan fingerprint density at radius 3 is 2.44 bits per heavy atom. The van der Waals surface area contributed by atoms with Crippen LogP contribution in [-0.4, -0.2) is 56.5 Å². The fourth-order valence-corrected chi connectivity index (χ4v) is 3.57. The first-order valence-electron chi connectivity index (χ1n) is 8.81. The van der Waals surface area contributed by atoms with Gasteiger partial charge >= 0.3 is 0 Å². The first kappa shape index (κ1) is 21.5. The van der Waals surface area contributed by atoms with Crippen molar-refractivity contribution < 1.29 is 4.79 Å². The van der Waals surface area contributed by atoms with Crippen LogP contribution in [0, 0.1) is 0 Å². The number of nitrogens with zero attached hydrogens (tertiary/aromatic N) is 3. The van der Waals surface area contributed by atoms with E-state index in [4.69, 9.17) is 0 Å². The van der Waals surface area contributed by atoms with Crippen molar-refractivity contribution in [3.8, 4) is 0 Å². The summed E-state index contributed by atoms with van der Waals surface area (Å²) < 4.78 is 0. The summed E-state index contributed by atoms with van der Waals surface area (Å²) in [5.74, 6) is 0.756. The second-order valence-electron chi connectivity index (χ2n) is 6.06. The second kappa shape index (κ2) is 11.1. The molecule has 2 N–H and O–H groups in total. The summed E-state index contributed by atoms with van der Waals surface area (Å²) in [5, 5.41) is 8.39. The molecule has 2 heterocycles. The smallest absolute Gasteiger partial charge is 0.242 e. The maximum Gasteiger partial charge on any atom is 0.242 e. The molecule has 1 aromatic carbocycles. The van der Waals surface area contributed by atoms with Crippen molar-refractivity contribution in [2.75, 3.05) is 44.7 Å². The Labute approximate surface area is 181 Å². The standard InChI is InChI=1S/C19H25N5OS.HI/c1-20-19(21-14-17-8-5-13-26-17)22-15-18(25)24-11-9-23(10-12-24)16-6-3-2-4-7-16;/h2-8,13H,9-12,14-15H2,1H3,(H2,20,21,22);1H. The van der Waals surface area contributed by atoms with Crippen molar-refractivity contribution in [3.63, 3.8) is 0 Å². The van der Waals surface area contributed by atoms with E-state index in [0.29, 0.717) is 12.5 Å². The van der Waals surface area contributed by atoms with E-state index < -0.39 is 0 Å². The molecular weight excluding hydrogens is 473 g/mol. The lowest BCUT2D eigenvalue weighted by Gasteiger charge is -2.36. The topological polar surface area (TPSA) is 60.0 Å². The highest BCUT2D eigenvalue weighted by molar-refractivity contribution is 14.0. The number of anilines is 1. The van der Waals surface area contributed by atoms with Gasteiger partial charge in [-0.15, -0.1) is 35.3 Å². The van der Waals surface area contributed by atoms with Crippen LogP contribution < -0.4 is 15.5 Å². The molecule has 1 aliphatic heterocycles. The van der Waals surface area contributed by atoms with Gasteiger partial charge in [0.15, 0.2) is 5.96 Å². The lowest BCUT2D eigenvalue weighted by Crippen LogP contribution is -2.52. The van der Waals surface area contributed by atoms with Crippen molar-refractivity contribution in [1.29, 1.82) is 0 Å². The van der Waals surface area contributed by atoms with Gasteiger partial charge in [-0.25, -0.2) is 0 Å². The Bertz CT molecular complexity index is 715. The molecule has 1 aromatic heterocycles. The van der Waals surface area contributed by atoms with E-state index in [9.17, 15) is 4.79 Å². The van der Waals surface area contributed by atoms with Crippen LogP contribution in [0.3, 0.4) is 0 Å². The van der Waals surface area contributed by atoms with Gasteiger partial charge in [-0.3, -0.25) is 9.79 Å². The van der Waals surface area contributed by atoms with Crippen molar-refractivity contribution in [1.82, 2.24) is 15.5 Å². The number of para-hydroxylation sites is 1. The number of halogens is 1. The van der Waals surface area contributed by atoms with E-state index in [1.807, 2.05) is 34.5 Å². The lowest BCUT2D eigenvalue weighted by atomic mass is 10.2. The number of rotatable bonds is 5. The van der Waals surface area contributed by atoms with Gasteiger partial charge in [-0.1, -0.05) is 24.3 Å². The lowest BCUT2D eigenvalue weighted by molar-refractivity contribution is -0.130. The first-order valence-corrected chi connectivity index (χ1v) is 9.69. The monoisotopic (exact) mass is 499 g/mol. The molecule has 0 radical (unpaired) electrons. The minimum Gasteiger partial charge on any atom is -0.368 e. The average molecular weight is 499 g/mol. The summed E-state index contributed by atoms with van der Waals surface area (Å²) >= 11 is 1.70. The molecule has 0 atom stereocenters. The highest BCUT2D eigenvalue weighted by atomic mass is 127. The van der Waals surface area contributed by atoms with E-state index in [2.05, 4.69) is 38.7 Å². The molecule has 8 heteroatoms. The largest absolute Gasteiger partial charge is 0.368 e. The Hall–Kier alpha value is -1.81. The zero-order valence-corrected chi connectivity index (χ0v) is 18.6. The number of benzene rings is 1. The number of guanidine groups is 1. The zero-order chi connectivity index (χ0) is 18.2. The van der Waals surface area contributed by atoms with Crippen LogP contribution in [-0.2, 0) is 11.3 Å². The van der Waals surface area contributed by atoms with E-state index in [1.54, 1.807) is 18.4 Å². The van der Waals surface area contributed by atoms with Crippen LogP contribution in [0.1, 0.15) is 4.88 Å². The van der Waals surface area contributed by atoms with Crippen LogP contribution >= 0.6 is 35.3 Å². The normalized spacial score (nSPS) is 14.5. The summed E-state index contributed by atoms with van der Waals surface area (Å²) in [4.78, 5) is 22.1. The van der Waals surface area contributed by atoms with E-state index in [-0.39, 0.29) is 36.4 Å². The predicted octanol–water partition coefficient (Wildman–Crippen LogP) is 2.38. The van der Waals surface area contributed by atoms with Gasteiger partial charge in [0.2, 0.25) is 5.91 Å². The molecule has 1 fully saturated rings. The fourth-order valence-electron chi connectivity index (χ4n) is 2.93. The Morgan fingerprint density at radius 2 is 1.81 bits per heavy atom. The van der Waals surface area contributed by atoms with Gasteiger partial charge in [-0.2, -0.15) is 0 Å². The number of carbonyl (C=O) groups is 1. The minimum absolute atomic E-state index is 0. The molecule has 2 aromatic rings. The maximum atomic E-state index is 12.5. The van der Waals surface area contributed by atoms with Gasteiger partial charge in [0.1, 0.15) is 0 Å². The van der Waals surface area contributed by atoms with Crippen molar-refractivity contribution >= 4 is 52.9 Å². The SMILES string of the molecule is CN=C(NCC(=O)N1CCN(c2ccccc2)CC1)NCc1cccs1.I. The molecular formula is C19H26IN5OS.